The van der Waals surface area contributed by atoms with Crippen molar-refractivity contribution in [3.8, 4) is 17.2 Å². The summed E-state index contributed by atoms with van der Waals surface area (Å²) in [6, 6.07) is 8.96. The number of ether oxygens (including phenoxy) is 3. The fourth-order valence-electron chi connectivity index (χ4n) is 1.84. The Kier molecular flexibility index (Phi) is 3.47. The molecule has 1 N–H and O–H groups in total. The number of hydrogen-bond donors (Lipinski definition) is 1. The number of thiophene rings is 1. The number of aromatic carboxylic acids is 1. The van der Waals surface area contributed by atoms with Gasteiger partial charge in [0, 0.05) is 11.4 Å². The first-order valence-electron chi connectivity index (χ1n) is 6.05. The van der Waals surface area contributed by atoms with Gasteiger partial charge in [0.15, 0.2) is 17.6 Å². The third kappa shape index (κ3) is 2.70. The predicted octanol–water partition coefficient (Wildman–Crippen LogP) is 2.67. The minimum atomic E-state index is -0.948. The molecule has 1 unspecified atom stereocenters. The van der Waals surface area contributed by atoms with Gasteiger partial charge >= 0.3 is 5.97 Å². The molecule has 0 saturated heterocycles. The molecular formula is C14H12O5S. The molecule has 0 saturated carbocycles. The Labute approximate surface area is 119 Å². The molecule has 1 aromatic heterocycles. The van der Waals surface area contributed by atoms with Crippen LogP contribution < -0.4 is 14.2 Å². The van der Waals surface area contributed by atoms with E-state index >= 15 is 0 Å². The van der Waals surface area contributed by atoms with Crippen molar-refractivity contribution in [1.82, 2.24) is 0 Å². The van der Waals surface area contributed by atoms with Crippen LogP contribution in [0.2, 0.25) is 0 Å². The Morgan fingerprint density at radius 2 is 2.20 bits per heavy atom. The Hall–Kier alpha value is -2.21. The van der Waals surface area contributed by atoms with Crippen LogP contribution in [0.4, 0.5) is 0 Å². The summed E-state index contributed by atoms with van der Waals surface area (Å²) in [5, 5.41) is 10.5. The van der Waals surface area contributed by atoms with Crippen molar-refractivity contribution in [3.05, 3.63) is 40.6 Å². The highest BCUT2D eigenvalue weighted by Crippen LogP contribution is 2.31. The lowest BCUT2D eigenvalue weighted by atomic mass is 10.3. The maximum absolute atomic E-state index is 10.8. The van der Waals surface area contributed by atoms with E-state index in [2.05, 4.69) is 0 Å². The topological polar surface area (TPSA) is 65.0 Å². The van der Waals surface area contributed by atoms with Crippen molar-refractivity contribution in [2.75, 3.05) is 13.2 Å². The maximum Gasteiger partial charge on any atom is 0.346 e. The van der Waals surface area contributed by atoms with Gasteiger partial charge in [-0.2, -0.15) is 0 Å². The molecule has 0 amide bonds. The highest BCUT2D eigenvalue weighted by molar-refractivity contribution is 7.12. The summed E-state index contributed by atoms with van der Waals surface area (Å²) in [4.78, 5) is 11.0. The molecule has 0 radical (unpaired) electrons. The van der Waals surface area contributed by atoms with E-state index in [1.54, 1.807) is 5.38 Å². The summed E-state index contributed by atoms with van der Waals surface area (Å²) >= 11 is 1.14. The summed E-state index contributed by atoms with van der Waals surface area (Å²) in [6.07, 6.45) is -0.210. The quantitative estimate of drug-likeness (QED) is 0.938. The molecule has 1 atom stereocenters. The van der Waals surface area contributed by atoms with Crippen molar-refractivity contribution < 1.29 is 24.1 Å². The van der Waals surface area contributed by atoms with E-state index in [4.69, 9.17) is 19.3 Å². The second-order valence-electron chi connectivity index (χ2n) is 4.26. The standard InChI is InChI=1S/C14H12O5S/c15-14(16)13-5-9(8-20-13)17-6-10-7-18-11-3-1-2-4-12(11)19-10/h1-5,8,10H,6-7H2,(H,15,16). The van der Waals surface area contributed by atoms with Gasteiger partial charge in [-0.25, -0.2) is 4.79 Å². The van der Waals surface area contributed by atoms with E-state index in [9.17, 15) is 4.79 Å². The summed E-state index contributed by atoms with van der Waals surface area (Å²) in [5.41, 5.74) is 0. The van der Waals surface area contributed by atoms with Gasteiger partial charge in [-0.1, -0.05) is 12.1 Å². The van der Waals surface area contributed by atoms with Gasteiger partial charge in [-0.15, -0.1) is 11.3 Å². The SMILES string of the molecule is O=C(O)c1cc(OCC2COc3ccccc3O2)cs1. The summed E-state index contributed by atoms with van der Waals surface area (Å²) in [6.45, 7) is 0.719. The van der Waals surface area contributed by atoms with Crippen LogP contribution >= 0.6 is 11.3 Å². The maximum atomic E-state index is 10.8. The van der Waals surface area contributed by atoms with Crippen molar-refractivity contribution in [2.24, 2.45) is 0 Å². The molecule has 104 valence electrons. The Balaban J connectivity index is 1.58. The zero-order valence-corrected chi connectivity index (χ0v) is 11.3. The minimum absolute atomic E-state index is 0.210. The van der Waals surface area contributed by atoms with Gasteiger partial charge in [0.2, 0.25) is 0 Å². The Morgan fingerprint density at radius 1 is 1.40 bits per heavy atom. The minimum Gasteiger partial charge on any atom is -0.489 e. The summed E-state index contributed by atoms with van der Waals surface area (Å²) < 4.78 is 16.8. The highest BCUT2D eigenvalue weighted by atomic mass is 32.1. The van der Waals surface area contributed by atoms with E-state index < -0.39 is 5.97 Å². The number of carbonyl (C=O) groups is 1. The molecule has 3 rings (SSSR count). The lowest BCUT2D eigenvalue weighted by Gasteiger charge is -2.26. The normalized spacial score (nSPS) is 16.7. The molecule has 2 aromatic rings. The first kappa shape index (κ1) is 12.8. The molecule has 1 aliphatic rings. The van der Waals surface area contributed by atoms with Crippen LogP contribution in [0.5, 0.6) is 17.2 Å². The van der Waals surface area contributed by atoms with Crippen LogP contribution in [0.15, 0.2) is 35.7 Å². The van der Waals surface area contributed by atoms with Gasteiger partial charge in [0.05, 0.1) is 0 Å². The smallest absolute Gasteiger partial charge is 0.346 e. The van der Waals surface area contributed by atoms with Crippen molar-refractivity contribution in [3.63, 3.8) is 0 Å². The molecule has 1 aromatic carbocycles. The van der Waals surface area contributed by atoms with Gasteiger partial charge in [0.25, 0.3) is 0 Å². The van der Waals surface area contributed by atoms with Gasteiger partial charge in [-0.3, -0.25) is 0 Å². The van der Waals surface area contributed by atoms with Crippen LogP contribution in [-0.4, -0.2) is 30.4 Å². The second kappa shape index (κ2) is 5.42. The molecule has 20 heavy (non-hydrogen) atoms. The molecule has 0 bridgehead atoms. The number of fused-ring (bicyclic) bond motifs is 1. The molecule has 5 nitrogen and oxygen atoms in total. The van der Waals surface area contributed by atoms with Gasteiger partial charge < -0.3 is 19.3 Å². The zero-order valence-electron chi connectivity index (χ0n) is 10.4. The van der Waals surface area contributed by atoms with Gasteiger partial charge in [0.1, 0.15) is 23.8 Å². The monoisotopic (exact) mass is 292 g/mol. The predicted molar refractivity (Wildman–Crippen MR) is 73.1 cm³/mol. The average Bonchev–Trinajstić information content (AvgIpc) is 2.94. The first-order valence-corrected chi connectivity index (χ1v) is 6.93. The van der Waals surface area contributed by atoms with E-state index in [-0.39, 0.29) is 11.0 Å². The number of carboxylic acid groups (broad SMARTS) is 1. The molecule has 0 fully saturated rings. The number of benzene rings is 1. The lowest BCUT2D eigenvalue weighted by molar-refractivity contribution is 0.0536. The van der Waals surface area contributed by atoms with Crippen molar-refractivity contribution in [2.45, 2.75) is 6.10 Å². The van der Waals surface area contributed by atoms with Crippen LogP contribution in [0.3, 0.4) is 0 Å². The number of carboxylic acids is 1. The molecule has 1 aliphatic heterocycles. The van der Waals surface area contributed by atoms with Crippen molar-refractivity contribution in [1.29, 1.82) is 0 Å². The highest BCUT2D eigenvalue weighted by Gasteiger charge is 2.21. The van der Waals surface area contributed by atoms with Crippen LogP contribution in [0.1, 0.15) is 9.67 Å². The fraction of sp³-hybridized carbons (Fsp3) is 0.214. The van der Waals surface area contributed by atoms with Crippen LogP contribution in [0, 0.1) is 0 Å². The largest absolute Gasteiger partial charge is 0.489 e. The van der Waals surface area contributed by atoms with Crippen LogP contribution in [-0.2, 0) is 0 Å². The Morgan fingerprint density at radius 3 is 2.95 bits per heavy atom. The number of hydrogen-bond acceptors (Lipinski definition) is 5. The van der Waals surface area contributed by atoms with E-state index in [1.165, 1.54) is 6.07 Å². The van der Waals surface area contributed by atoms with E-state index in [1.807, 2.05) is 24.3 Å². The summed E-state index contributed by atoms with van der Waals surface area (Å²) in [7, 11) is 0. The van der Waals surface area contributed by atoms with Crippen molar-refractivity contribution >= 4 is 17.3 Å². The average molecular weight is 292 g/mol. The number of para-hydroxylation sites is 2. The molecule has 0 spiro atoms. The van der Waals surface area contributed by atoms with E-state index in [0.717, 1.165) is 17.1 Å². The van der Waals surface area contributed by atoms with E-state index in [0.29, 0.717) is 24.7 Å². The van der Waals surface area contributed by atoms with Crippen LogP contribution in [0.25, 0.3) is 0 Å². The molecular weight excluding hydrogens is 280 g/mol. The first-order chi connectivity index (χ1) is 9.72. The lowest BCUT2D eigenvalue weighted by Crippen LogP contribution is -2.34. The number of rotatable bonds is 4. The molecule has 2 heterocycles. The second-order valence-corrected chi connectivity index (χ2v) is 5.17. The molecule has 0 aliphatic carbocycles. The van der Waals surface area contributed by atoms with Gasteiger partial charge in [-0.05, 0) is 12.1 Å². The molecule has 6 heteroatoms. The Bertz CT molecular complexity index is 622. The zero-order chi connectivity index (χ0) is 13.9. The fourth-order valence-corrected chi connectivity index (χ4v) is 2.51. The summed E-state index contributed by atoms with van der Waals surface area (Å²) in [5.74, 6) is 1.02. The third-order valence-corrected chi connectivity index (χ3v) is 3.69. The third-order valence-electron chi connectivity index (χ3n) is 2.79.